The highest BCUT2D eigenvalue weighted by atomic mass is 16.3. The van der Waals surface area contributed by atoms with Gasteiger partial charge in [0.2, 0.25) is 0 Å². The van der Waals surface area contributed by atoms with E-state index in [0.717, 1.165) is 44.9 Å². The molecule has 1 atom stereocenters. The van der Waals surface area contributed by atoms with Crippen LogP contribution < -0.4 is 0 Å². The topological polar surface area (TPSA) is 37.3 Å². The van der Waals surface area contributed by atoms with Gasteiger partial charge in [0.25, 0.3) is 0 Å². The summed E-state index contributed by atoms with van der Waals surface area (Å²) in [5.74, 6) is 0.0117. The highest BCUT2D eigenvalue weighted by Gasteiger charge is 2.14. The van der Waals surface area contributed by atoms with E-state index in [0.29, 0.717) is 12.8 Å². The average Bonchev–Trinajstić information content (AvgIpc) is 2.64. The molecule has 2 aromatic rings. The van der Waals surface area contributed by atoms with Crippen LogP contribution in [-0.4, -0.2) is 17.0 Å². The fraction of sp³-hybridized carbons (Fsp3) is 0.435. The Bertz CT molecular complexity index is 670. The summed E-state index contributed by atoms with van der Waals surface area (Å²) in [6.45, 7) is 0. The molecule has 0 amide bonds. The Morgan fingerprint density at radius 3 is 1.64 bits per heavy atom. The lowest BCUT2D eigenvalue weighted by molar-refractivity contribution is -0.127. The molecule has 0 radical (unpaired) electrons. The normalized spacial score (nSPS) is 20.0. The van der Waals surface area contributed by atoms with E-state index in [1.54, 1.807) is 0 Å². The van der Waals surface area contributed by atoms with Crippen molar-refractivity contribution >= 4 is 5.78 Å². The largest absolute Gasteiger partial charge is 0.385 e. The molecule has 0 saturated carbocycles. The molecule has 0 spiro atoms. The molecule has 25 heavy (non-hydrogen) atoms. The van der Waals surface area contributed by atoms with Crippen LogP contribution >= 0.6 is 0 Å². The lowest BCUT2D eigenvalue weighted by atomic mass is 9.99. The number of aryl methyl sites for hydroxylation is 2. The van der Waals surface area contributed by atoms with Crippen molar-refractivity contribution in [2.45, 2.75) is 63.9 Å². The summed E-state index contributed by atoms with van der Waals surface area (Å²) in [5, 5.41) is 10.0. The Hall–Kier alpha value is -1.93. The van der Waals surface area contributed by atoms with E-state index < -0.39 is 6.10 Å². The minimum atomic E-state index is -0.774. The molecule has 0 aliphatic heterocycles. The van der Waals surface area contributed by atoms with Crippen LogP contribution in [0.15, 0.2) is 48.5 Å². The standard InChI is InChI=1S/C23H28O2/c24-22-7-3-1-5-18-9-13-20(14-10-18)17-21-15-11-19(12-16-21)6-2-4-8-23(22)25/h9-16,22,24H,1-8,17H2/t22-/m0/s1. The Morgan fingerprint density at radius 1 is 0.640 bits per heavy atom. The number of hydrogen-bond donors (Lipinski definition) is 1. The minimum Gasteiger partial charge on any atom is -0.385 e. The van der Waals surface area contributed by atoms with Gasteiger partial charge in [-0.25, -0.2) is 0 Å². The molecule has 132 valence electrons. The third-order valence-electron chi connectivity index (χ3n) is 5.16. The predicted octanol–water partition coefficient (Wildman–Crippen LogP) is 4.65. The van der Waals surface area contributed by atoms with Crippen molar-refractivity contribution in [2.24, 2.45) is 0 Å². The van der Waals surface area contributed by atoms with Crippen molar-refractivity contribution in [3.8, 4) is 0 Å². The third kappa shape index (κ3) is 5.54. The van der Waals surface area contributed by atoms with E-state index in [1.165, 1.54) is 22.3 Å². The molecule has 5 rings (SSSR count). The number of hydrogen-bond acceptors (Lipinski definition) is 2. The molecule has 2 heteroatoms. The average molecular weight is 336 g/mol. The number of Topliss-reactive ketones (excluding diaryl/α,β-unsaturated/α-hetero) is 1. The maximum atomic E-state index is 12.0. The summed E-state index contributed by atoms with van der Waals surface area (Å²) in [5.41, 5.74) is 5.34. The van der Waals surface area contributed by atoms with Crippen LogP contribution in [0.25, 0.3) is 0 Å². The Morgan fingerprint density at radius 2 is 1.08 bits per heavy atom. The molecule has 0 aromatic heterocycles. The highest BCUT2D eigenvalue weighted by Crippen LogP contribution is 2.16. The zero-order valence-electron chi connectivity index (χ0n) is 14.9. The molecule has 0 fully saturated rings. The van der Waals surface area contributed by atoms with Gasteiger partial charge in [-0.1, -0.05) is 55.0 Å². The molecule has 2 nitrogen and oxygen atoms in total. The van der Waals surface area contributed by atoms with Crippen molar-refractivity contribution in [1.82, 2.24) is 0 Å². The van der Waals surface area contributed by atoms with Gasteiger partial charge in [0.05, 0.1) is 0 Å². The first-order valence-electron chi connectivity index (χ1n) is 9.57. The highest BCUT2D eigenvalue weighted by molar-refractivity contribution is 5.82. The van der Waals surface area contributed by atoms with Gasteiger partial charge in [0.1, 0.15) is 6.10 Å². The van der Waals surface area contributed by atoms with Gasteiger partial charge in [-0.3, -0.25) is 4.79 Å². The fourth-order valence-corrected chi connectivity index (χ4v) is 3.51. The van der Waals surface area contributed by atoms with Gasteiger partial charge >= 0.3 is 0 Å². The van der Waals surface area contributed by atoms with Crippen molar-refractivity contribution in [3.05, 3.63) is 70.8 Å². The molecule has 1 N–H and O–H groups in total. The maximum absolute atomic E-state index is 12.0. The van der Waals surface area contributed by atoms with E-state index in [-0.39, 0.29) is 5.78 Å². The number of ketones is 1. The van der Waals surface area contributed by atoms with Gasteiger partial charge in [-0.05, 0) is 67.2 Å². The number of carbonyl (C=O) groups is 1. The van der Waals surface area contributed by atoms with Crippen LogP contribution in [0.5, 0.6) is 0 Å². The van der Waals surface area contributed by atoms with Gasteiger partial charge in [0, 0.05) is 6.42 Å². The number of aliphatic hydroxyl groups excluding tert-OH is 1. The summed E-state index contributed by atoms with van der Waals surface area (Å²) in [6, 6.07) is 17.7. The van der Waals surface area contributed by atoms with E-state index in [2.05, 4.69) is 48.5 Å². The van der Waals surface area contributed by atoms with E-state index in [4.69, 9.17) is 0 Å². The minimum absolute atomic E-state index is 0.0117. The van der Waals surface area contributed by atoms with Crippen molar-refractivity contribution in [3.63, 3.8) is 0 Å². The first-order chi connectivity index (χ1) is 12.2. The lowest BCUT2D eigenvalue weighted by Crippen LogP contribution is -2.20. The molecule has 0 unspecified atom stereocenters. The second-order valence-electron chi connectivity index (χ2n) is 7.24. The quantitative estimate of drug-likeness (QED) is 0.760. The zero-order valence-corrected chi connectivity index (χ0v) is 14.9. The van der Waals surface area contributed by atoms with E-state index in [9.17, 15) is 9.90 Å². The van der Waals surface area contributed by atoms with Crippen LogP contribution in [-0.2, 0) is 24.1 Å². The van der Waals surface area contributed by atoms with Gasteiger partial charge in [0.15, 0.2) is 5.78 Å². The van der Waals surface area contributed by atoms with Crippen LogP contribution in [0.4, 0.5) is 0 Å². The summed E-state index contributed by atoms with van der Waals surface area (Å²) < 4.78 is 0. The summed E-state index contributed by atoms with van der Waals surface area (Å²) in [4.78, 5) is 12.0. The molecule has 0 heterocycles. The molecule has 3 aliphatic rings. The molecule has 3 aliphatic carbocycles. The SMILES string of the molecule is O=C1CCCCc2ccc(cc2)Cc2ccc(cc2)CCCC[C@@H]1O. The van der Waals surface area contributed by atoms with Crippen LogP contribution in [0.2, 0.25) is 0 Å². The monoisotopic (exact) mass is 336 g/mol. The first kappa shape index (κ1) is 17.9. The molecule has 4 bridgehead atoms. The van der Waals surface area contributed by atoms with Crippen LogP contribution in [0.1, 0.15) is 60.8 Å². The second-order valence-corrected chi connectivity index (χ2v) is 7.24. The first-order valence-corrected chi connectivity index (χ1v) is 9.57. The fourth-order valence-electron chi connectivity index (χ4n) is 3.51. The number of carbonyl (C=O) groups excluding carboxylic acids is 1. The molecule has 0 saturated heterocycles. The summed E-state index contributed by atoms with van der Waals surface area (Å²) >= 11 is 0. The molecular weight excluding hydrogens is 308 g/mol. The van der Waals surface area contributed by atoms with Gasteiger partial charge < -0.3 is 5.11 Å². The van der Waals surface area contributed by atoms with Crippen molar-refractivity contribution in [1.29, 1.82) is 0 Å². The van der Waals surface area contributed by atoms with Crippen LogP contribution in [0, 0.1) is 0 Å². The van der Waals surface area contributed by atoms with E-state index in [1.807, 2.05) is 0 Å². The second kappa shape index (κ2) is 8.96. The maximum Gasteiger partial charge on any atom is 0.161 e. The lowest BCUT2D eigenvalue weighted by Gasteiger charge is -2.09. The smallest absolute Gasteiger partial charge is 0.161 e. The van der Waals surface area contributed by atoms with Gasteiger partial charge in [-0.15, -0.1) is 0 Å². The Kier molecular flexibility index (Phi) is 6.41. The summed E-state index contributed by atoms with van der Waals surface area (Å²) in [7, 11) is 0. The number of aliphatic hydroxyl groups is 1. The van der Waals surface area contributed by atoms with Crippen molar-refractivity contribution in [2.75, 3.05) is 0 Å². The number of fused-ring (bicyclic) bond motifs is 2. The zero-order chi connectivity index (χ0) is 17.5. The predicted molar refractivity (Wildman–Crippen MR) is 102 cm³/mol. The van der Waals surface area contributed by atoms with E-state index >= 15 is 0 Å². The van der Waals surface area contributed by atoms with Crippen molar-refractivity contribution < 1.29 is 9.90 Å². The third-order valence-corrected chi connectivity index (χ3v) is 5.16. The Labute approximate surface area is 150 Å². The Balaban J connectivity index is 1.71. The summed E-state index contributed by atoms with van der Waals surface area (Å²) in [6.07, 6.45) is 7.08. The molecule has 2 aromatic carbocycles. The number of rotatable bonds is 0. The molecular formula is C23H28O2. The van der Waals surface area contributed by atoms with Gasteiger partial charge in [-0.2, -0.15) is 0 Å². The van der Waals surface area contributed by atoms with Crippen LogP contribution in [0.3, 0.4) is 0 Å². The number of benzene rings is 2.